The van der Waals surface area contributed by atoms with E-state index >= 15 is 0 Å². The third kappa shape index (κ3) is 5.04. The summed E-state index contributed by atoms with van der Waals surface area (Å²) in [7, 11) is 0. The lowest BCUT2D eigenvalue weighted by Crippen LogP contribution is -2.08. The summed E-state index contributed by atoms with van der Waals surface area (Å²) in [5, 5.41) is 0. The fraction of sp³-hybridized carbons (Fsp3) is 0.909. The number of carbonyl (C=O) groups excluding carboxylic acids is 1. The molecule has 0 aromatic carbocycles. The zero-order valence-electron chi connectivity index (χ0n) is 8.55. The molecule has 1 saturated carbocycles. The van der Waals surface area contributed by atoms with Gasteiger partial charge in [0.05, 0.1) is 6.10 Å². The quantitative estimate of drug-likeness (QED) is 0.593. The lowest BCUT2D eigenvalue weighted by molar-refractivity contribution is -0.117. The highest BCUT2D eigenvalue weighted by atomic mass is 16.5. The van der Waals surface area contributed by atoms with Gasteiger partial charge in [0.15, 0.2) is 0 Å². The van der Waals surface area contributed by atoms with Crippen molar-refractivity contribution in [3.8, 4) is 0 Å². The first-order valence-corrected chi connectivity index (χ1v) is 5.40. The Morgan fingerprint density at radius 2 is 2.00 bits per heavy atom. The number of ketones is 1. The molecule has 2 nitrogen and oxygen atoms in total. The van der Waals surface area contributed by atoms with E-state index in [-0.39, 0.29) is 0 Å². The average molecular weight is 184 g/mol. The predicted molar refractivity (Wildman–Crippen MR) is 52.7 cm³/mol. The molecule has 0 amide bonds. The summed E-state index contributed by atoms with van der Waals surface area (Å²) in [6.45, 7) is 2.50. The average Bonchev–Trinajstić information content (AvgIpc) is 2.55. The topological polar surface area (TPSA) is 26.3 Å². The van der Waals surface area contributed by atoms with Gasteiger partial charge in [0.2, 0.25) is 0 Å². The molecule has 2 heteroatoms. The molecule has 76 valence electrons. The minimum Gasteiger partial charge on any atom is -0.378 e. The Balaban J connectivity index is 1.86. The molecule has 1 aliphatic carbocycles. The van der Waals surface area contributed by atoms with Crippen molar-refractivity contribution in [3.63, 3.8) is 0 Å². The summed E-state index contributed by atoms with van der Waals surface area (Å²) in [4.78, 5) is 10.6. The second-order valence-electron chi connectivity index (χ2n) is 3.94. The van der Waals surface area contributed by atoms with Gasteiger partial charge in [-0.1, -0.05) is 12.8 Å². The fourth-order valence-electron chi connectivity index (χ4n) is 1.78. The van der Waals surface area contributed by atoms with E-state index in [0.717, 1.165) is 19.4 Å². The Labute approximate surface area is 80.7 Å². The van der Waals surface area contributed by atoms with Gasteiger partial charge < -0.3 is 9.53 Å². The summed E-state index contributed by atoms with van der Waals surface area (Å²) in [5.41, 5.74) is 0. The molecule has 0 N–H and O–H groups in total. The smallest absolute Gasteiger partial charge is 0.129 e. The van der Waals surface area contributed by atoms with Crippen LogP contribution in [0, 0.1) is 0 Å². The van der Waals surface area contributed by atoms with Crippen molar-refractivity contribution in [1.82, 2.24) is 0 Å². The van der Waals surface area contributed by atoms with E-state index in [1.807, 2.05) is 0 Å². The van der Waals surface area contributed by atoms with Gasteiger partial charge in [-0.3, -0.25) is 0 Å². The van der Waals surface area contributed by atoms with E-state index in [1.54, 1.807) is 6.92 Å². The second-order valence-corrected chi connectivity index (χ2v) is 3.94. The van der Waals surface area contributed by atoms with Gasteiger partial charge >= 0.3 is 0 Å². The van der Waals surface area contributed by atoms with Gasteiger partial charge in [0.25, 0.3) is 0 Å². The molecule has 0 spiro atoms. The van der Waals surface area contributed by atoms with Gasteiger partial charge in [0.1, 0.15) is 5.78 Å². The number of Topliss-reactive ketones (excluding diaryl/α,β-unsaturated/α-hetero) is 1. The minimum absolute atomic E-state index is 0.292. The summed E-state index contributed by atoms with van der Waals surface area (Å²) >= 11 is 0. The summed E-state index contributed by atoms with van der Waals surface area (Å²) in [6, 6.07) is 0. The van der Waals surface area contributed by atoms with Gasteiger partial charge in [-0.2, -0.15) is 0 Å². The van der Waals surface area contributed by atoms with Crippen LogP contribution in [0.4, 0.5) is 0 Å². The molecule has 0 unspecified atom stereocenters. The van der Waals surface area contributed by atoms with E-state index in [0.29, 0.717) is 18.3 Å². The fourth-order valence-corrected chi connectivity index (χ4v) is 1.78. The first-order valence-electron chi connectivity index (χ1n) is 5.40. The van der Waals surface area contributed by atoms with Gasteiger partial charge in [-0.25, -0.2) is 0 Å². The SMILES string of the molecule is CC(=O)CCCCOC1CCCC1. The number of hydrogen-bond donors (Lipinski definition) is 0. The number of carbonyl (C=O) groups is 1. The van der Waals surface area contributed by atoms with Gasteiger partial charge in [0, 0.05) is 13.0 Å². The highest BCUT2D eigenvalue weighted by molar-refractivity contribution is 5.75. The molecule has 0 aromatic heterocycles. The number of unbranched alkanes of at least 4 members (excludes halogenated alkanes) is 1. The van der Waals surface area contributed by atoms with Crippen molar-refractivity contribution in [1.29, 1.82) is 0 Å². The van der Waals surface area contributed by atoms with Crippen LogP contribution in [0.2, 0.25) is 0 Å². The van der Waals surface area contributed by atoms with Crippen LogP contribution >= 0.6 is 0 Å². The van der Waals surface area contributed by atoms with E-state index in [2.05, 4.69) is 0 Å². The summed E-state index contributed by atoms with van der Waals surface area (Å²) in [6.07, 6.45) is 8.42. The van der Waals surface area contributed by atoms with Crippen molar-refractivity contribution < 1.29 is 9.53 Å². The Morgan fingerprint density at radius 3 is 2.62 bits per heavy atom. The zero-order valence-corrected chi connectivity index (χ0v) is 8.55. The van der Waals surface area contributed by atoms with E-state index in [9.17, 15) is 4.79 Å². The highest BCUT2D eigenvalue weighted by Gasteiger charge is 2.14. The van der Waals surface area contributed by atoms with Crippen molar-refractivity contribution >= 4 is 5.78 Å². The second kappa shape index (κ2) is 6.14. The molecule has 0 atom stereocenters. The van der Waals surface area contributed by atoms with E-state index < -0.39 is 0 Å². The minimum atomic E-state index is 0.292. The van der Waals surface area contributed by atoms with Crippen molar-refractivity contribution in [2.75, 3.05) is 6.61 Å². The summed E-state index contributed by atoms with van der Waals surface area (Å²) in [5.74, 6) is 0.292. The zero-order chi connectivity index (χ0) is 9.52. The molecule has 13 heavy (non-hydrogen) atoms. The Morgan fingerprint density at radius 1 is 1.31 bits per heavy atom. The molecule has 0 bridgehead atoms. The first-order chi connectivity index (χ1) is 6.29. The van der Waals surface area contributed by atoms with Crippen LogP contribution in [0.25, 0.3) is 0 Å². The maximum Gasteiger partial charge on any atom is 0.129 e. The maximum absolute atomic E-state index is 10.6. The van der Waals surface area contributed by atoms with E-state index in [4.69, 9.17) is 4.74 Å². The molecule has 0 aromatic rings. The molecule has 0 radical (unpaired) electrons. The lowest BCUT2D eigenvalue weighted by atomic mass is 10.2. The molecule has 0 aliphatic heterocycles. The molecule has 1 rings (SSSR count). The Bertz CT molecular complexity index is 148. The Kier molecular flexibility index (Phi) is 5.06. The number of rotatable bonds is 6. The van der Waals surface area contributed by atoms with Crippen LogP contribution in [0.15, 0.2) is 0 Å². The monoisotopic (exact) mass is 184 g/mol. The van der Waals surface area contributed by atoms with Crippen LogP contribution < -0.4 is 0 Å². The lowest BCUT2D eigenvalue weighted by Gasteiger charge is -2.09. The van der Waals surface area contributed by atoms with Crippen molar-refractivity contribution in [2.24, 2.45) is 0 Å². The van der Waals surface area contributed by atoms with Crippen LogP contribution in [0.3, 0.4) is 0 Å². The molecule has 0 saturated heterocycles. The highest BCUT2D eigenvalue weighted by Crippen LogP contribution is 2.21. The molecule has 0 heterocycles. The normalized spacial score (nSPS) is 17.9. The standard InChI is InChI=1S/C11H20O2/c1-10(12)6-4-5-9-13-11-7-2-3-8-11/h11H,2-9H2,1H3. The molecule has 1 aliphatic rings. The third-order valence-electron chi connectivity index (χ3n) is 2.58. The van der Waals surface area contributed by atoms with Gasteiger partial charge in [-0.05, 0) is 32.6 Å². The molecular weight excluding hydrogens is 164 g/mol. The largest absolute Gasteiger partial charge is 0.378 e. The Hall–Kier alpha value is -0.370. The van der Waals surface area contributed by atoms with E-state index in [1.165, 1.54) is 25.7 Å². The van der Waals surface area contributed by atoms with Crippen LogP contribution in [0.5, 0.6) is 0 Å². The van der Waals surface area contributed by atoms with Crippen LogP contribution in [-0.4, -0.2) is 18.5 Å². The maximum atomic E-state index is 10.6. The number of ether oxygens (including phenoxy) is 1. The first kappa shape index (κ1) is 10.7. The van der Waals surface area contributed by atoms with Gasteiger partial charge in [-0.15, -0.1) is 0 Å². The summed E-state index contributed by atoms with van der Waals surface area (Å²) < 4.78 is 5.67. The predicted octanol–water partition coefficient (Wildman–Crippen LogP) is 2.70. The van der Waals surface area contributed by atoms with Crippen molar-refractivity contribution in [3.05, 3.63) is 0 Å². The third-order valence-corrected chi connectivity index (χ3v) is 2.58. The molecule has 1 fully saturated rings. The number of hydrogen-bond acceptors (Lipinski definition) is 2. The van der Waals surface area contributed by atoms with Crippen molar-refractivity contribution in [2.45, 2.75) is 58.0 Å². The molecular formula is C11H20O2. The van der Waals surface area contributed by atoms with Crippen LogP contribution in [0.1, 0.15) is 51.9 Å². The van der Waals surface area contributed by atoms with Crippen LogP contribution in [-0.2, 0) is 9.53 Å².